The number of para-hydroxylation sites is 1. The highest BCUT2D eigenvalue weighted by Gasteiger charge is 2.15. The van der Waals surface area contributed by atoms with Crippen molar-refractivity contribution in [2.45, 2.75) is 6.54 Å². The number of amides is 1. The van der Waals surface area contributed by atoms with Gasteiger partial charge in [-0.25, -0.2) is 0 Å². The lowest BCUT2D eigenvalue weighted by atomic mass is 10.2. The summed E-state index contributed by atoms with van der Waals surface area (Å²) in [5.74, 6) is 2.16. The summed E-state index contributed by atoms with van der Waals surface area (Å²) in [5, 5.41) is 22.5. The average Bonchev–Trinajstić information content (AvgIpc) is 3.40. The Morgan fingerprint density at radius 1 is 0.950 bits per heavy atom. The quantitative estimate of drug-likeness (QED) is 0.166. The number of ether oxygens (including phenoxy) is 3. The van der Waals surface area contributed by atoms with Crippen molar-refractivity contribution >= 4 is 52.1 Å². The first kappa shape index (κ1) is 28.9. The number of thiocarbonyl (C=S) groups is 1. The van der Waals surface area contributed by atoms with Crippen LogP contribution in [-0.2, 0) is 11.3 Å². The minimum Gasteiger partial charge on any atom is -0.497 e. The number of aromatic nitrogens is 4. The number of carbonyl (C=O) groups excluding carboxylic acids is 1. The van der Waals surface area contributed by atoms with Crippen molar-refractivity contribution in [1.82, 2.24) is 30.8 Å². The van der Waals surface area contributed by atoms with E-state index in [-0.39, 0.29) is 12.5 Å². The number of nitrogens with zero attached hydrogens (tertiary/aromatic N) is 4. The fourth-order valence-electron chi connectivity index (χ4n) is 3.45. The lowest BCUT2D eigenvalue weighted by molar-refractivity contribution is -0.122. The molecule has 0 aliphatic rings. The molecule has 0 radical (unpaired) electrons. The summed E-state index contributed by atoms with van der Waals surface area (Å²) in [6, 6.07) is 17.4. The fraction of sp³-hybridized carbons (Fsp3) is 0.192. The second-order valence-corrected chi connectivity index (χ2v) is 9.40. The molecule has 208 valence electrons. The zero-order chi connectivity index (χ0) is 28.5. The van der Waals surface area contributed by atoms with Crippen LogP contribution < -0.4 is 30.2 Å². The summed E-state index contributed by atoms with van der Waals surface area (Å²) in [5.41, 5.74) is 1.29. The van der Waals surface area contributed by atoms with E-state index in [0.717, 1.165) is 0 Å². The molecule has 0 atom stereocenters. The molecule has 4 rings (SSSR count). The van der Waals surface area contributed by atoms with Gasteiger partial charge in [-0.15, -0.1) is 10.2 Å². The fourth-order valence-corrected chi connectivity index (χ4v) is 4.12. The summed E-state index contributed by atoms with van der Waals surface area (Å²) >= 11 is 17.5. The number of anilines is 1. The molecule has 0 saturated heterocycles. The van der Waals surface area contributed by atoms with Crippen molar-refractivity contribution in [1.29, 1.82) is 0 Å². The minimum absolute atomic E-state index is 0.120. The third kappa shape index (κ3) is 7.94. The van der Waals surface area contributed by atoms with Gasteiger partial charge in [0, 0.05) is 42.0 Å². The van der Waals surface area contributed by atoms with Gasteiger partial charge in [0.1, 0.15) is 29.5 Å². The molecule has 11 nitrogen and oxygen atoms in total. The highest BCUT2D eigenvalue weighted by Crippen LogP contribution is 2.35. The van der Waals surface area contributed by atoms with E-state index in [1.54, 1.807) is 62.8 Å². The van der Waals surface area contributed by atoms with Crippen molar-refractivity contribution < 1.29 is 19.0 Å². The maximum atomic E-state index is 12.4. The van der Waals surface area contributed by atoms with E-state index in [2.05, 4.69) is 31.4 Å². The van der Waals surface area contributed by atoms with Crippen LogP contribution in [0.25, 0.3) is 11.4 Å². The van der Waals surface area contributed by atoms with Crippen LogP contribution in [0.2, 0.25) is 10.0 Å². The van der Waals surface area contributed by atoms with Crippen LogP contribution >= 0.6 is 35.4 Å². The Morgan fingerprint density at radius 3 is 2.40 bits per heavy atom. The van der Waals surface area contributed by atoms with Crippen LogP contribution in [0.3, 0.4) is 0 Å². The molecule has 40 heavy (non-hydrogen) atoms. The Bertz CT molecular complexity index is 1480. The van der Waals surface area contributed by atoms with E-state index >= 15 is 0 Å². The highest BCUT2D eigenvalue weighted by atomic mass is 35.5. The van der Waals surface area contributed by atoms with Gasteiger partial charge in [-0.3, -0.25) is 4.79 Å². The van der Waals surface area contributed by atoms with Crippen LogP contribution in [0.4, 0.5) is 5.69 Å². The lowest BCUT2D eigenvalue weighted by Crippen LogP contribution is -2.38. The summed E-state index contributed by atoms with van der Waals surface area (Å²) in [4.78, 5) is 13.6. The predicted octanol–water partition coefficient (Wildman–Crippen LogP) is 4.56. The first-order valence-electron chi connectivity index (χ1n) is 11.9. The molecular formula is C26H25Cl2N7O4S. The topological polar surface area (TPSA) is 124 Å². The molecule has 3 N–H and O–H groups in total. The van der Waals surface area contributed by atoms with Gasteiger partial charge in [-0.1, -0.05) is 35.3 Å². The molecule has 0 fully saturated rings. The van der Waals surface area contributed by atoms with Crippen molar-refractivity contribution in [3.8, 4) is 34.4 Å². The first-order valence-corrected chi connectivity index (χ1v) is 13.1. The highest BCUT2D eigenvalue weighted by molar-refractivity contribution is 7.80. The monoisotopic (exact) mass is 601 g/mol. The second-order valence-electron chi connectivity index (χ2n) is 8.15. The Labute approximate surface area is 245 Å². The molecule has 0 spiro atoms. The molecule has 3 aromatic carbocycles. The van der Waals surface area contributed by atoms with E-state index in [4.69, 9.17) is 49.6 Å². The molecule has 1 aromatic heterocycles. The summed E-state index contributed by atoms with van der Waals surface area (Å²) < 4.78 is 16.5. The number of tetrazole rings is 1. The molecule has 1 amide bonds. The van der Waals surface area contributed by atoms with Gasteiger partial charge >= 0.3 is 0 Å². The maximum Gasteiger partial charge on any atom is 0.243 e. The number of benzene rings is 3. The van der Waals surface area contributed by atoms with Crippen molar-refractivity contribution in [2.24, 2.45) is 0 Å². The van der Waals surface area contributed by atoms with E-state index in [9.17, 15) is 4.79 Å². The number of hydrogen-bond donors (Lipinski definition) is 3. The van der Waals surface area contributed by atoms with E-state index in [1.807, 2.05) is 12.1 Å². The number of methoxy groups -OCH3 is 2. The normalized spacial score (nSPS) is 10.5. The van der Waals surface area contributed by atoms with Gasteiger partial charge in [0.15, 0.2) is 5.11 Å². The number of halogens is 2. The third-order valence-corrected chi connectivity index (χ3v) is 6.10. The molecule has 0 unspecified atom stereocenters. The predicted molar refractivity (Wildman–Crippen MR) is 157 cm³/mol. The largest absolute Gasteiger partial charge is 0.497 e. The summed E-state index contributed by atoms with van der Waals surface area (Å²) in [6.07, 6.45) is 0. The summed E-state index contributed by atoms with van der Waals surface area (Å²) in [6.45, 7) is 0.597. The number of hydrogen-bond acceptors (Lipinski definition) is 8. The van der Waals surface area contributed by atoms with Gasteiger partial charge in [0.05, 0.1) is 24.8 Å². The molecule has 1 heterocycles. The molecule has 4 aromatic rings. The van der Waals surface area contributed by atoms with Crippen molar-refractivity contribution in [3.05, 3.63) is 70.7 Å². The standard InChI is InChI=1S/C26H25Cl2N7O4S/c1-37-18-12-17(13-19(14-18)38-2)31-26(40)30-10-9-29-24(36)15-35-33-25(32-34-35)20-5-3-4-6-22(20)39-23-8-7-16(27)11-21(23)28/h3-8,11-14H,9-10,15H2,1-2H3,(H,29,36)(H2,30,31,40). The van der Waals surface area contributed by atoms with Crippen molar-refractivity contribution in [3.63, 3.8) is 0 Å². The Hall–Kier alpha value is -4.13. The van der Waals surface area contributed by atoms with Crippen LogP contribution in [0.15, 0.2) is 60.7 Å². The SMILES string of the molecule is COc1cc(NC(=S)NCCNC(=O)Cn2nnc(-c3ccccc3Oc3ccc(Cl)cc3Cl)n2)cc(OC)c1. The van der Waals surface area contributed by atoms with E-state index in [0.29, 0.717) is 68.3 Å². The van der Waals surface area contributed by atoms with Gasteiger partial charge in [-0.2, -0.15) is 4.80 Å². The zero-order valence-corrected chi connectivity index (χ0v) is 23.8. The first-order chi connectivity index (χ1) is 19.3. The smallest absolute Gasteiger partial charge is 0.243 e. The maximum absolute atomic E-state index is 12.4. The van der Waals surface area contributed by atoms with Crippen LogP contribution in [0, 0.1) is 0 Å². The Morgan fingerprint density at radius 2 is 1.68 bits per heavy atom. The third-order valence-electron chi connectivity index (χ3n) is 5.32. The van der Waals surface area contributed by atoms with Crippen LogP contribution in [0.5, 0.6) is 23.0 Å². The van der Waals surface area contributed by atoms with Crippen LogP contribution in [0.1, 0.15) is 0 Å². The van der Waals surface area contributed by atoms with Crippen LogP contribution in [-0.4, -0.2) is 58.5 Å². The molecule has 0 aliphatic carbocycles. The number of nitrogens with one attached hydrogen (secondary N) is 3. The van der Waals surface area contributed by atoms with Gasteiger partial charge in [-0.05, 0) is 47.8 Å². The van der Waals surface area contributed by atoms with Crippen molar-refractivity contribution in [2.75, 3.05) is 32.6 Å². The second kappa shape index (κ2) is 13.8. The van der Waals surface area contributed by atoms with E-state index < -0.39 is 0 Å². The Balaban J connectivity index is 1.26. The van der Waals surface area contributed by atoms with Gasteiger partial charge in [0.2, 0.25) is 11.7 Å². The van der Waals surface area contributed by atoms with Gasteiger partial charge in [0.25, 0.3) is 0 Å². The zero-order valence-electron chi connectivity index (χ0n) is 21.5. The van der Waals surface area contributed by atoms with E-state index in [1.165, 1.54) is 4.80 Å². The average molecular weight is 603 g/mol. The minimum atomic E-state index is -0.292. The molecule has 0 bridgehead atoms. The van der Waals surface area contributed by atoms with Gasteiger partial charge < -0.3 is 30.2 Å². The Kier molecular flexibility index (Phi) is 9.95. The lowest BCUT2D eigenvalue weighted by Gasteiger charge is -2.13. The number of carbonyl (C=O) groups is 1. The molecule has 0 aliphatic heterocycles. The summed E-state index contributed by atoms with van der Waals surface area (Å²) in [7, 11) is 3.14. The molecule has 14 heteroatoms. The molecule has 0 saturated carbocycles. The molecular weight excluding hydrogens is 577 g/mol. The number of rotatable bonds is 11.